The van der Waals surface area contributed by atoms with Gasteiger partial charge < -0.3 is 15.2 Å². The summed E-state index contributed by atoms with van der Waals surface area (Å²) in [5, 5.41) is 13.1. The zero-order valence-electron chi connectivity index (χ0n) is 14.8. The normalized spacial score (nSPS) is 20.4. The third-order valence-electron chi connectivity index (χ3n) is 5.07. The van der Waals surface area contributed by atoms with Gasteiger partial charge in [0.1, 0.15) is 24.0 Å². The molecule has 3 rings (SSSR count). The number of nitrogens with zero attached hydrogens (tertiary/aromatic N) is 1. The van der Waals surface area contributed by atoms with Crippen LogP contribution in [0.5, 0.6) is 5.75 Å². The van der Waals surface area contributed by atoms with Gasteiger partial charge in [0, 0.05) is 0 Å². The van der Waals surface area contributed by atoms with Gasteiger partial charge in [0.05, 0.1) is 6.54 Å². The van der Waals surface area contributed by atoms with E-state index >= 15 is 0 Å². The van der Waals surface area contributed by atoms with Crippen molar-refractivity contribution in [3.8, 4) is 5.75 Å². The van der Waals surface area contributed by atoms with Crippen molar-refractivity contribution in [1.29, 1.82) is 0 Å². The fraction of sp³-hybridized carbons (Fsp3) is 0.579. The van der Waals surface area contributed by atoms with Crippen LogP contribution in [0.25, 0.3) is 0 Å². The number of nitrogens with one attached hydrogen (secondary N) is 1. The molecule has 2 aliphatic rings. The number of benzene rings is 1. The van der Waals surface area contributed by atoms with Crippen LogP contribution in [-0.2, 0) is 4.79 Å². The lowest BCUT2D eigenvalue weighted by molar-refractivity contribution is -0.132. The molecule has 1 saturated heterocycles. The van der Waals surface area contributed by atoms with E-state index in [1.165, 1.54) is 0 Å². The standard InChI is InChI=1S/C19H26N2O4/c1-13(2)15-7-3-4-8-16(15)25-12-14(22)11-21-17(23)19(20-18(21)24)9-5-6-10-19/h3-4,7-8,13-14,22H,5-6,9-12H2,1-2H3,(H,20,24). The molecular weight excluding hydrogens is 320 g/mol. The summed E-state index contributed by atoms with van der Waals surface area (Å²) in [5.41, 5.74) is 0.330. The molecule has 1 aromatic rings. The van der Waals surface area contributed by atoms with Crippen molar-refractivity contribution in [3.63, 3.8) is 0 Å². The summed E-state index contributed by atoms with van der Waals surface area (Å²) in [6.07, 6.45) is 2.33. The summed E-state index contributed by atoms with van der Waals surface area (Å²) in [6, 6.07) is 7.28. The number of imide groups is 1. The molecule has 2 fully saturated rings. The topological polar surface area (TPSA) is 78.9 Å². The second-order valence-electron chi connectivity index (χ2n) is 7.29. The number of hydrogen-bond donors (Lipinski definition) is 2. The molecule has 1 heterocycles. The highest BCUT2D eigenvalue weighted by atomic mass is 16.5. The average molecular weight is 346 g/mol. The van der Waals surface area contributed by atoms with E-state index in [1.54, 1.807) is 0 Å². The van der Waals surface area contributed by atoms with Crippen molar-refractivity contribution in [2.24, 2.45) is 0 Å². The molecule has 6 nitrogen and oxygen atoms in total. The minimum atomic E-state index is -0.925. The number of aliphatic hydroxyl groups is 1. The predicted octanol–water partition coefficient (Wildman–Crippen LogP) is 2.41. The van der Waals surface area contributed by atoms with Crippen LogP contribution in [-0.4, -0.2) is 46.7 Å². The Morgan fingerprint density at radius 2 is 1.92 bits per heavy atom. The Hall–Kier alpha value is -2.08. The van der Waals surface area contributed by atoms with Crippen LogP contribution in [0.1, 0.15) is 51.0 Å². The molecule has 1 aromatic carbocycles. The highest BCUT2D eigenvalue weighted by molar-refractivity contribution is 6.07. The molecule has 0 aromatic heterocycles. The number of carbonyl (C=O) groups is 2. The van der Waals surface area contributed by atoms with Crippen LogP contribution < -0.4 is 10.1 Å². The maximum absolute atomic E-state index is 12.6. The SMILES string of the molecule is CC(C)c1ccccc1OCC(O)CN1C(=O)NC2(CCCC2)C1=O. The van der Waals surface area contributed by atoms with Crippen molar-refractivity contribution >= 4 is 11.9 Å². The first-order valence-electron chi connectivity index (χ1n) is 8.97. The van der Waals surface area contributed by atoms with E-state index in [1.807, 2.05) is 24.3 Å². The van der Waals surface area contributed by atoms with Gasteiger partial charge in [-0.25, -0.2) is 4.79 Å². The van der Waals surface area contributed by atoms with E-state index in [0.29, 0.717) is 18.8 Å². The molecule has 1 saturated carbocycles. The monoisotopic (exact) mass is 346 g/mol. The molecule has 1 aliphatic heterocycles. The Morgan fingerprint density at radius 1 is 1.24 bits per heavy atom. The minimum absolute atomic E-state index is 0.0355. The highest BCUT2D eigenvalue weighted by Gasteiger charge is 2.52. The van der Waals surface area contributed by atoms with Crippen molar-refractivity contribution < 1.29 is 19.4 Å². The van der Waals surface area contributed by atoms with Gasteiger partial charge in [-0.2, -0.15) is 0 Å². The Labute approximate surface area is 148 Å². The smallest absolute Gasteiger partial charge is 0.325 e. The molecule has 1 spiro atoms. The van der Waals surface area contributed by atoms with E-state index in [0.717, 1.165) is 29.1 Å². The van der Waals surface area contributed by atoms with Gasteiger partial charge in [-0.3, -0.25) is 9.69 Å². The maximum atomic E-state index is 12.6. The lowest BCUT2D eigenvalue weighted by Crippen LogP contribution is -2.45. The number of amides is 3. The molecule has 3 amide bonds. The third kappa shape index (κ3) is 3.49. The summed E-state index contributed by atoms with van der Waals surface area (Å²) < 4.78 is 5.74. The quantitative estimate of drug-likeness (QED) is 0.776. The van der Waals surface area contributed by atoms with Gasteiger partial charge >= 0.3 is 6.03 Å². The van der Waals surface area contributed by atoms with E-state index in [9.17, 15) is 14.7 Å². The first-order valence-corrected chi connectivity index (χ1v) is 8.97. The van der Waals surface area contributed by atoms with Crippen LogP contribution >= 0.6 is 0 Å². The molecule has 25 heavy (non-hydrogen) atoms. The summed E-state index contributed by atoms with van der Waals surface area (Å²) in [7, 11) is 0. The van der Waals surface area contributed by atoms with E-state index in [2.05, 4.69) is 19.2 Å². The molecule has 0 bridgehead atoms. The summed E-state index contributed by atoms with van der Waals surface area (Å²) >= 11 is 0. The zero-order chi connectivity index (χ0) is 18.0. The molecule has 136 valence electrons. The summed E-state index contributed by atoms with van der Waals surface area (Å²) in [5.74, 6) is 0.819. The van der Waals surface area contributed by atoms with E-state index < -0.39 is 17.7 Å². The van der Waals surface area contributed by atoms with E-state index in [-0.39, 0.29) is 19.1 Å². The predicted molar refractivity (Wildman–Crippen MR) is 93.5 cm³/mol. The van der Waals surface area contributed by atoms with Crippen molar-refractivity contribution in [3.05, 3.63) is 29.8 Å². The van der Waals surface area contributed by atoms with Crippen molar-refractivity contribution in [2.45, 2.75) is 57.1 Å². The molecule has 1 unspecified atom stereocenters. The molecule has 2 N–H and O–H groups in total. The van der Waals surface area contributed by atoms with Gasteiger partial charge in [0.25, 0.3) is 5.91 Å². The number of urea groups is 1. The lowest BCUT2D eigenvalue weighted by atomic mass is 9.98. The molecule has 6 heteroatoms. The number of carbonyl (C=O) groups excluding carboxylic acids is 2. The average Bonchev–Trinajstić information content (AvgIpc) is 3.14. The van der Waals surface area contributed by atoms with Crippen molar-refractivity contribution in [1.82, 2.24) is 10.2 Å². The maximum Gasteiger partial charge on any atom is 0.325 e. The number of hydrogen-bond acceptors (Lipinski definition) is 4. The van der Waals surface area contributed by atoms with Gasteiger partial charge in [-0.15, -0.1) is 0 Å². The minimum Gasteiger partial charge on any atom is -0.491 e. The number of para-hydroxylation sites is 1. The van der Waals surface area contributed by atoms with Crippen LogP contribution in [0.4, 0.5) is 4.79 Å². The third-order valence-corrected chi connectivity index (χ3v) is 5.07. The van der Waals surface area contributed by atoms with Crippen molar-refractivity contribution in [2.75, 3.05) is 13.2 Å². The van der Waals surface area contributed by atoms with Crippen LogP contribution in [0.3, 0.4) is 0 Å². The Bertz CT molecular complexity index is 653. The van der Waals surface area contributed by atoms with Gasteiger partial charge in [-0.05, 0) is 30.4 Å². The van der Waals surface area contributed by atoms with Gasteiger partial charge in [-0.1, -0.05) is 44.9 Å². The van der Waals surface area contributed by atoms with Gasteiger partial charge in [0.2, 0.25) is 0 Å². The molecule has 0 radical (unpaired) electrons. The Kier molecular flexibility index (Phi) is 4.99. The zero-order valence-corrected chi connectivity index (χ0v) is 14.8. The molecular formula is C19H26N2O4. The van der Waals surface area contributed by atoms with Crippen LogP contribution in [0.2, 0.25) is 0 Å². The second kappa shape index (κ2) is 7.04. The number of ether oxygens (including phenoxy) is 1. The Balaban J connectivity index is 1.59. The fourth-order valence-corrected chi connectivity index (χ4v) is 3.70. The lowest BCUT2D eigenvalue weighted by Gasteiger charge is -2.22. The first-order chi connectivity index (χ1) is 11.9. The number of aliphatic hydroxyl groups excluding tert-OH is 1. The number of rotatable bonds is 6. The summed E-state index contributed by atoms with van der Waals surface area (Å²) in [4.78, 5) is 25.9. The highest BCUT2D eigenvalue weighted by Crippen LogP contribution is 2.35. The Morgan fingerprint density at radius 3 is 2.60 bits per heavy atom. The first kappa shape index (κ1) is 17.7. The molecule has 1 aliphatic carbocycles. The fourth-order valence-electron chi connectivity index (χ4n) is 3.70. The number of β-amino-alcohol motifs (C(OH)–C–C–N with tert-alkyl or cyclic N) is 1. The molecule has 1 atom stereocenters. The van der Waals surface area contributed by atoms with Crippen LogP contribution in [0.15, 0.2) is 24.3 Å². The largest absolute Gasteiger partial charge is 0.491 e. The second-order valence-corrected chi connectivity index (χ2v) is 7.29. The van der Waals surface area contributed by atoms with Gasteiger partial charge in [0.15, 0.2) is 0 Å². The van der Waals surface area contributed by atoms with E-state index in [4.69, 9.17) is 4.74 Å². The summed E-state index contributed by atoms with van der Waals surface area (Å²) in [6.45, 7) is 4.14. The van der Waals surface area contributed by atoms with Crippen LogP contribution in [0, 0.1) is 0 Å².